The molecule has 0 saturated heterocycles. The van der Waals surface area contributed by atoms with Gasteiger partial charge in [-0.25, -0.2) is 22.0 Å². The minimum Gasteiger partial charge on any atom is -0.487 e. The summed E-state index contributed by atoms with van der Waals surface area (Å²) in [5, 5.41) is 0. The molecule has 1 saturated carbocycles. The van der Waals surface area contributed by atoms with Crippen LogP contribution in [0.15, 0.2) is 48.5 Å². The number of hydrogen-bond donors (Lipinski definition) is 0. The van der Waals surface area contributed by atoms with Crippen LogP contribution in [0.3, 0.4) is 0 Å². The minimum absolute atomic E-state index is 0.217. The first-order valence-electron chi connectivity index (χ1n) is 11.7. The molecule has 0 atom stereocenters. The molecule has 0 aromatic heterocycles. The van der Waals surface area contributed by atoms with Crippen LogP contribution in [0.5, 0.6) is 5.75 Å². The van der Waals surface area contributed by atoms with Crippen molar-refractivity contribution < 1.29 is 26.7 Å². The highest BCUT2D eigenvalue weighted by Gasteiger charge is 2.24. The maximum atomic E-state index is 14.3. The zero-order chi connectivity index (χ0) is 24.2. The molecule has 34 heavy (non-hydrogen) atoms. The smallest absolute Gasteiger partial charge is 0.194 e. The Morgan fingerprint density at radius 3 is 1.88 bits per heavy atom. The van der Waals surface area contributed by atoms with Crippen molar-refractivity contribution in [3.8, 4) is 16.9 Å². The molecular weight excluding hydrogens is 447 g/mol. The van der Waals surface area contributed by atoms with Gasteiger partial charge in [-0.3, -0.25) is 0 Å². The van der Waals surface area contributed by atoms with Crippen molar-refractivity contribution in [2.24, 2.45) is 5.92 Å². The summed E-state index contributed by atoms with van der Waals surface area (Å²) in [5.74, 6) is -4.96. The summed E-state index contributed by atoms with van der Waals surface area (Å²) in [6.45, 7) is 2.23. The molecule has 180 valence electrons. The van der Waals surface area contributed by atoms with Gasteiger partial charge in [-0.2, -0.15) is 0 Å². The van der Waals surface area contributed by atoms with Gasteiger partial charge in [0.25, 0.3) is 0 Å². The van der Waals surface area contributed by atoms with E-state index < -0.39 is 29.1 Å². The predicted octanol–water partition coefficient (Wildman–Crippen LogP) is 8.35. The molecule has 0 amide bonds. The van der Waals surface area contributed by atoms with E-state index in [0.29, 0.717) is 23.5 Å². The fourth-order valence-electron chi connectivity index (χ4n) is 4.72. The van der Waals surface area contributed by atoms with Crippen molar-refractivity contribution in [2.45, 2.75) is 51.4 Å². The van der Waals surface area contributed by atoms with E-state index in [1.54, 1.807) is 12.1 Å². The third-order valence-electron chi connectivity index (χ3n) is 6.61. The highest BCUT2D eigenvalue weighted by molar-refractivity contribution is 5.64. The van der Waals surface area contributed by atoms with Crippen molar-refractivity contribution in [3.05, 3.63) is 88.7 Å². The molecule has 1 aliphatic rings. The average Bonchev–Trinajstić information content (AvgIpc) is 2.82. The van der Waals surface area contributed by atoms with E-state index in [2.05, 4.69) is 0 Å². The quantitative estimate of drug-likeness (QED) is 0.247. The lowest BCUT2D eigenvalue weighted by Crippen LogP contribution is -2.20. The van der Waals surface area contributed by atoms with Gasteiger partial charge in [-0.05, 0) is 90.5 Å². The molecule has 0 N–H and O–H groups in total. The molecule has 1 fully saturated rings. The first kappa shape index (κ1) is 24.2. The summed E-state index contributed by atoms with van der Waals surface area (Å²) in [6.07, 6.45) is 5.00. The van der Waals surface area contributed by atoms with Crippen LogP contribution in [0, 0.1) is 35.0 Å². The van der Waals surface area contributed by atoms with Gasteiger partial charge >= 0.3 is 0 Å². The lowest BCUT2D eigenvalue weighted by atomic mass is 9.79. The molecule has 3 aromatic carbocycles. The summed E-state index contributed by atoms with van der Waals surface area (Å²) in [5.41, 5.74) is 2.64. The molecule has 6 heteroatoms. The topological polar surface area (TPSA) is 9.23 Å². The molecule has 3 aromatic rings. The van der Waals surface area contributed by atoms with Crippen molar-refractivity contribution >= 4 is 0 Å². The second kappa shape index (κ2) is 10.6. The number of hydrogen-bond acceptors (Lipinski definition) is 1. The summed E-state index contributed by atoms with van der Waals surface area (Å²) >= 11 is 0. The van der Waals surface area contributed by atoms with E-state index in [9.17, 15) is 22.0 Å². The van der Waals surface area contributed by atoms with Crippen molar-refractivity contribution in [2.75, 3.05) is 6.61 Å². The van der Waals surface area contributed by atoms with Gasteiger partial charge in [0.1, 0.15) is 0 Å². The van der Waals surface area contributed by atoms with Gasteiger partial charge in [-0.1, -0.05) is 37.6 Å². The summed E-state index contributed by atoms with van der Waals surface area (Å²) in [7, 11) is 0. The predicted molar refractivity (Wildman–Crippen MR) is 122 cm³/mol. The van der Waals surface area contributed by atoms with Crippen LogP contribution in [0.1, 0.15) is 56.1 Å². The van der Waals surface area contributed by atoms with Crippen LogP contribution in [0.4, 0.5) is 22.0 Å². The molecule has 4 rings (SSSR count). The van der Waals surface area contributed by atoms with Crippen LogP contribution < -0.4 is 4.74 Å². The number of benzene rings is 3. The van der Waals surface area contributed by atoms with E-state index in [-0.39, 0.29) is 23.8 Å². The maximum absolute atomic E-state index is 14.3. The standard InChI is InChI=1S/C28H27F5O/c1-2-3-18-12-25(31)28(26(32)13-18)34-16-17-4-6-19(7-5-17)20-8-10-21(11-9-20)22-14-23(29)27(33)24(30)15-22/h8-15,17,19H,2-7,16H2,1H3. The largest absolute Gasteiger partial charge is 0.487 e. The minimum atomic E-state index is -1.47. The van der Waals surface area contributed by atoms with Gasteiger partial charge in [0.05, 0.1) is 6.61 Å². The number of aryl methyl sites for hydroxylation is 1. The molecule has 0 spiro atoms. The van der Waals surface area contributed by atoms with Crippen LogP contribution in [-0.2, 0) is 6.42 Å². The molecule has 1 aliphatic carbocycles. The fraction of sp³-hybridized carbons (Fsp3) is 0.357. The van der Waals surface area contributed by atoms with Crippen LogP contribution in [0.2, 0.25) is 0 Å². The summed E-state index contributed by atoms with van der Waals surface area (Å²) in [4.78, 5) is 0. The molecular formula is C28H27F5O. The van der Waals surface area contributed by atoms with E-state index >= 15 is 0 Å². The number of rotatable bonds is 7. The lowest BCUT2D eigenvalue weighted by Gasteiger charge is -2.29. The highest BCUT2D eigenvalue weighted by atomic mass is 19.2. The van der Waals surface area contributed by atoms with Gasteiger partial charge in [0.2, 0.25) is 0 Å². The van der Waals surface area contributed by atoms with Crippen LogP contribution in [0.25, 0.3) is 11.1 Å². The maximum Gasteiger partial charge on any atom is 0.194 e. The molecule has 0 unspecified atom stereocenters. The van der Waals surface area contributed by atoms with Gasteiger partial charge in [0, 0.05) is 0 Å². The summed E-state index contributed by atoms with van der Waals surface area (Å²) < 4.78 is 74.3. The second-order valence-electron chi connectivity index (χ2n) is 9.04. The average molecular weight is 475 g/mol. The van der Waals surface area contributed by atoms with E-state index in [4.69, 9.17) is 4.74 Å². The molecule has 0 aliphatic heterocycles. The van der Waals surface area contributed by atoms with E-state index in [1.807, 2.05) is 19.1 Å². The fourth-order valence-corrected chi connectivity index (χ4v) is 4.72. The van der Waals surface area contributed by atoms with E-state index in [0.717, 1.165) is 49.8 Å². The third kappa shape index (κ3) is 5.43. The van der Waals surface area contributed by atoms with Crippen molar-refractivity contribution in [3.63, 3.8) is 0 Å². The first-order valence-corrected chi connectivity index (χ1v) is 11.7. The van der Waals surface area contributed by atoms with Gasteiger partial charge < -0.3 is 4.74 Å². The Kier molecular flexibility index (Phi) is 7.54. The third-order valence-corrected chi connectivity index (χ3v) is 6.61. The number of ether oxygens (including phenoxy) is 1. The zero-order valence-electron chi connectivity index (χ0n) is 19.0. The first-order chi connectivity index (χ1) is 16.4. The zero-order valence-corrected chi connectivity index (χ0v) is 19.0. The number of halogens is 5. The Morgan fingerprint density at radius 2 is 1.32 bits per heavy atom. The Hall–Kier alpha value is -2.89. The molecule has 1 nitrogen and oxygen atoms in total. The van der Waals surface area contributed by atoms with Crippen LogP contribution >= 0.6 is 0 Å². The Bertz CT molecular complexity index is 1090. The molecule has 0 heterocycles. The van der Waals surface area contributed by atoms with Crippen LogP contribution in [-0.4, -0.2) is 6.61 Å². The Balaban J connectivity index is 1.33. The molecule has 0 radical (unpaired) electrons. The van der Waals surface area contributed by atoms with Crippen molar-refractivity contribution in [1.82, 2.24) is 0 Å². The van der Waals surface area contributed by atoms with Crippen molar-refractivity contribution in [1.29, 1.82) is 0 Å². The SMILES string of the molecule is CCCc1cc(F)c(OCC2CCC(c3ccc(-c4cc(F)c(F)c(F)c4)cc3)CC2)c(F)c1. The molecule has 0 bridgehead atoms. The van der Waals surface area contributed by atoms with Gasteiger partial charge in [-0.15, -0.1) is 0 Å². The van der Waals surface area contributed by atoms with Gasteiger partial charge in [0.15, 0.2) is 34.8 Å². The lowest BCUT2D eigenvalue weighted by molar-refractivity contribution is 0.188. The highest BCUT2D eigenvalue weighted by Crippen LogP contribution is 2.37. The Morgan fingerprint density at radius 1 is 0.735 bits per heavy atom. The van der Waals surface area contributed by atoms with E-state index in [1.165, 1.54) is 12.1 Å². The summed E-state index contributed by atoms with van der Waals surface area (Å²) in [6, 6.07) is 12.1. The second-order valence-corrected chi connectivity index (χ2v) is 9.04. The Labute approximate surface area is 196 Å². The monoisotopic (exact) mass is 474 g/mol. The normalized spacial score (nSPS) is 18.2.